The van der Waals surface area contributed by atoms with Crippen LogP contribution in [0, 0.1) is 4.77 Å². The molecule has 0 amide bonds. The lowest BCUT2D eigenvalue weighted by Crippen LogP contribution is -2.03. The molecule has 0 radical (unpaired) electrons. The normalized spacial score (nSPS) is 10.7. The van der Waals surface area contributed by atoms with Crippen LogP contribution in [0.4, 0.5) is 0 Å². The van der Waals surface area contributed by atoms with Crippen LogP contribution >= 0.6 is 23.6 Å². The third kappa shape index (κ3) is 2.64. The number of aryl methyl sites for hydroxylation is 1. The lowest BCUT2D eigenvalue weighted by Gasteiger charge is -2.05. The van der Waals surface area contributed by atoms with Crippen molar-refractivity contribution < 1.29 is 0 Å². The summed E-state index contributed by atoms with van der Waals surface area (Å²) in [4.78, 5) is 4.02. The van der Waals surface area contributed by atoms with Gasteiger partial charge in [-0.1, -0.05) is 0 Å². The molecule has 0 aromatic carbocycles. The summed E-state index contributed by atoms with van der Waals surface area (Å²) in [5.41, 5.74) is 2.35. The average Bonchev–Trinajstić information content (AvgIpc) is 3.07. The second kappa shape index (κ2) is 5.46. The van der Waals surface area contributed by atoms with E-state index in [4.69, 9.17) is 12.2 Å². The predicted molar refractivity (Wildman–Crippen MR) is 78.7 cm³/mol. The lowest BCUT2D eigenvalue weighted by atomic mass is 10.2. The van der Waals surface area contributed by atoms with Crippen LogP contribution in [0.2, 0.25) is 0 Å². The molecule has 19 heavy (non-hydrogen) atoms. The Hall–Kier alpha value is -1.79. The van der Waals surface area contributed by atoms with Crippen molar-refractivity contribution in [3.8, 4) is 11.4 Å². The summed E-state index contributed by atoms with van der Waals surface area (Å²) in [6, 6.07) is 6.01. The molecule has 96 valence electrons. The molecule has 0 atom stereocenters. The molecule has 1 N–H and O–H groups in total. The van der Waals surface area contributed by atoms with Crippen molar-refractivity contribution in [2.75, 3.05) is 0 Å². The van der Waals surface area contributed by atoms with Gasteiger partial charge < -0.3 is 0 Å². The molecule has 0 aliphatic carbocycles. The molecule has 0 saturated carbocycles. The number of thiophene rings is 1. The van der Waals surface area contributed by atoms with E-state index in [1.165, 1.54) is 5.56 Å². The minimum atomic E-state index is 0.655. The quantitative estimate of drug-likeness (QED) is 0.749. The van der Waals surface area contributed by atoms with Gasteiger partial charge in [0.25, 0.3) is 0 Å². The molecule has 3 aromatic heterocycles. The Kier molecular flexibility index (Phi) is 3.52. The first-order valence-electron chi connectivity index (χ1n) is 5.91. The van der Waals surface area contributed by atoms with Gasteiger partial charge in [-0.05, 0) is 53.2 Å². The molecule has 4 nitrogen and oxygen atoms in total. The summed E-state index contributed by atoms with van der Waals surface area (Å²) in [6.07, 6.45) is 4.47. The van der Waals surface area contributed by atoms with Crippen LogP contribution in [-0.4, -0.2) is 19.7 Å². The van der Waals surface area contributed by atoms with Crippen LogP contribution in [0.15, 0.2) is 41.4 Å². The second-order valence-electron chi connectivity index (χ2n) is 4.12. The maximum Gasteiger partial charge on any atom is 0.195 e. The summed E-state index contributed by atoms with van der Waals surface area (Å²) < 4.78 is 2.68. The van der Waals surface area contributed by atoms with E-state index in [1.807, 2.05) is 16.7 Å². The van der Waals surface area contributed by atoms with Gasteiger partial charge in [0.05, 0.1) is 0 Å². The minimum absolute atomic E-state index is 0.655. The molecule has 0 spiro atoms. The highest BCUT2D eigenvalue weighted by Gasteiger charge is 2.08. The zero-order valence-corrected chi connectivity index (χ0v) is 11.7. The SMILES string of the molecule is S=c1[nH]nc(-c2ccncc2)n1CCc1ccsc1. The molecular weight excluding hydrogens is 276 g/mol. The summed E-state index contributed by atoms with van der Waals surface area (Å²) in [5, 5.41) is 11.4. The van der Waals surface area contributed by atoms with Gasteiger partial charge in [0, 0.05) is 24.5 Å². The van der Waals surface area contributed by atoms with Gasteiger partial charge in [0.15, 0.2) is 10.6 Å². The van der Waals surface area contributed by atoms with E-state index >= 15 is 0 Å². The smallest absolute Gasteiger partial charge is 0.195 e. The maximum absolute atomic E-state index is 5.30. The highest BCUT2D eigenvalue weighted by atomic mass is 32.1. The first kappa shape index (κ1) is 12.3. The fourth-order valence-corrected chi connectivity index (χ4v) is 2.85. The van der Waals surface area contributed by atoms with Crippen molar-refractivity contribution in [2.45, 2.75) is 13.0 Å². The van der Waals surface area contributed by atoms with E-state index in [-0.39, 0.29) is 0 Å². The maximum atomic E-state index is 5.30. The number of hydrogen-bond acceptors (Lipinski definition) is 4. The average molecular weight is 288 g/mol. The zero-order chi connectivity index (χ0) is 13.1. The Morgan fingerprint density at radius 1 is 1.26 bits per heavy atom. The fourth-order valence-electron chi connectivity index (χ4n) is 1.92. The van der Waals surface area contributed by atoms with Crippen molar-refractivity contribution in [1.82, 2.24) is 19.7 Å². The largest absolute Gasteiger partial charge is 0.300 e. The standard InChI is InChI=1S/C13H12N4S2/c18-13-16-15-12(11-1-5-14-6-2-11)17(13)7-3-10-4-8-19-9-10/h1-2,4-6,8-9H,3,7H2,(H,16,18). The Balaban J connectivity index is 1.89. The Morgan fingerprint density at radius 2 is 2.11 bits per heavy atom. The Bertz CT molecular complexity index is 698. The topological polar surface area (TPSA) is 46.5 Å². The van der Waals surface area contributed by atoms with E-state index in [0.29, 0.717) is 4.77 Å². The molecule has 6 heteroatoms. The highest BCUT2D eigenvalue weighted by Crippen LogP contribution is 2.17. The number of aromatic nitrogens is 4. The molecule has 0 aliphatic rings. The highest BCUT2D eigenvalue weighted by molar-refractivity contribution is 7.71. The Morgan fingerprint density at radius 3 is 2.84 bits per heavy atom. The monoisotopic (exact) mass is 288 g/mol. The molecule has 3 heterocycles. The molecule has 3 rings (SSSR count). The molecule has 3 aromatic rings. The van der Waals surface area contributed by atoms with Gasteiger partial charge in [-0.15, -0.1) is 0 Å². The molecule has 0 aliphatic heterocycles. The number of aromatic amines is 1. The van der Waals surface area contributed by atoms with Crippen LogP contribution in [0.3, 0.4) is 0 Å². The van der Waals surface area contributed by atoms with Crippen LogP contribution in [0.25, 0.3) is 11.4 Å². The van der Waals surface area contributed by atoms with E-state index in [9.17, 15) is 0 Å². The number of H-pyrrole nitrogens is 1. The summed E-state index contributed by atoms with van der Waals surface area (Å²) >= 11 is 7.01. The third-order valence-corrected chi connectivity index (χ3v) is 3.94. The fraction of sp³-hybridized carbons (Fsp3) is 0.154. The van der Waals surface area contributed by atoms with Crippen molar-refractivity contribution >= 4 is 23.6 Å². The number of hydrogen-bond donors (Lipinski definition) is 1. The van der Waals surface area contributed by atoms with Crippen molar-refractivity contribution in [3.05, 3.63) is 51.7 Å². The first-order chi connectivity index (χ1) is 9.34. The number of pyridine rings is 1. The molecule has 0 bridgehead atoms. The second-order valence-corrected chi connectivity index (χ2v) is 5.29. The summed E-state index contributed by atoms with van der Waals surface area (Å²) in [7, 11) is 0. The zero-order valence-electron chi connectivity index (χ0n) is 10.1. The van der Waals surface area contributed by atoms with Crippen LogP contribution in [0.1, 0.15) is 5.56 Å². The van der Waals surface area contributed by atoms with Crippen molar-refractivity contribution in [2.24, 2.45) is 0 Å². The van der Waals surface area contributed by atoms with Crippen molar-refractivity contribution in [1.29, 1.82) is 0 Å². The number of rotatable bonds is 4. The van der Waals surface area contributed by atoms with E-state index < -0.39 is 0 Å². The van der Waals surface area contributed by atoms with Gasteiger partial charge >= 0.3 is 0 Å². The van der Waals surface area contributed by atoms with E-state index in [0.717, 1.165) is 24.4 Å². The molecular formula is C13H12N4S2. The van der Waals surface area contributed by atoms with Crippen LogP contribution < -0.4 is 0 Å². The van der Waals surface area contributed by atoms with Crippen LogP contribution in [-0.2, 0) is 13.0 Å². The molecule has 0 fully saturated rings. The van der Waals surface area contributed by atoms with Gasteiger partial charge in [-0.2, -0.15) is 16.4 Å². The number of nitrogens with one attached hydrogen (secondary N) is 1. The van der Waals surface area contributed by atoms with Gasteiger partial charge in [0.2, 0.25) is 0 Å². The third-order valence-electron chi connectivity index (χ3n) is 2.90. The molecule has 0 unspecified atom stereocenters. The first-order valence-corrected chi connectivity index (χ1v) is 7.26. The van der Waals surface area contributed by atoms with Gasteiger partial charge in [-0.3, -0.25) is 14.6 Å². The lowest BCUT2D eigenvalue weighted by molar-refractivity contribution is 0.693. The summed E-state index contributed by atoms with van der Waals surface area (Å²) in [5.74, 6) is 0.864. The van der Waals surface area contributed by atoms with Gasteiger partial charge in [0.1, 0.15) is 0 Å². The predicted octanol–water partition coefficient (Wildman–Crippen LogP) is 3.31. The minimum Gasteiger partial charge on any atom is -0.300 e. The van der Waals surface area contributed by atoms with Crippen molar-refractivity contribution in [3.63, 3.8) is 0 Å². The van der Waals surface area contributed by atoms with E-state index in [2.05, 4.69) is 32.0 Å². The molecule has 0 saturated heterocycles. The Labute approximate surface area is 119 Å². The number of nitrogens with zero attached hydrogens (tertiary/aromatic N) is 3. The summed E-state index contributed by atoms with van der Waals surface area (Å²) in [6.45, 7) is 0.823. The van der Waals surface area contributed by atoms with Crippen LogP contribution in [0.5, 0.6) is 0 Å². The van der Waals surface area contributed by atoms with E-state index in [1.54, 1.807) is 23.7 Å². The van der Waals surface area contributed by atoms with Gasteiger partial charge in [-0.25, -0.2) is 0 Å².